The van der Waals surface area contributed by atoms with E-state index < -0.39 is 23.3 Å². The third-order valence-electron chi connectivity index (χ3n) is 2.42. The van der Waals surface area contributed by atoms with Gasteiger partial charge in [-0.05, 0) is 32.9 Å². The normalized spacial score (nSPS) is 11.3. The van der Waals surface area contributed by atoms with Gasteiger partial charge in [0, 0.05) is 12.6 Å². The van der Waals surface area contributed by atoms with Crippen molar-refractivity contribution in [2.75, 3.05) is 18.4 Å². The zero-order valence-corrected chi connectivity index (χ0v) is 11.2. The van der Waals surface area contributed by atoms with Crippen LogP contribution in [0.25, 0.3) is 0 Å². The van der Waals surface area contributed by atoms with E-state index in [2.05, 4.69) is 5.32 Å². The average Bonchev–Trinajstić information content (AvgIpc) is 2.29. The summed E-state index contributed by atoms with van der Waals surface area (Å²) in [5.41, 5.74) is -1.28. The van der Waals surface area contributed by atoms with Gasteiger partial charge in [-0.3, -0.25) is 0 Å². The number of benzene rings is 1. The molecular formula is C13H18F2N2O2. The van der Waals surface area contributed by atoms with Crippen LogP contribution in [0.15, 0.2) is 18.2 Å². The average molecular weight is 272 g/mol. The lowest BCUT2D eigenvalue weighted by molar-refractivity contribution is 0.0501. The summed E-state index contributed by atoms with van der Waals surface area (Å²) in [6.07, 6.45) is 0. The number of likely N-dealkylation sites (N-methyl/N-ethyl adjacent to an activating group) is 1. The van der Waals surface area contributed by atoms with Crippen molar-refractivity contribution in [3.63, 3.8) is 0 Å². The second-order valence-electron chi connectivity index (χ2n) is 4.88. The summed E-state index contributed by atoms with van der Waals surface area (Å²) in [7, 11) is 0. The fourth-order valence-electron chi connectivity index (χ4n) is 1.58. The predicted octanol–water partition coefficient (Wildman–Crippen LogP) is 2.59. The molecule has 6 heteroatoms. The van der Waals surface area contributed by atoms with Crippen molar-refractivity contribution in [1.29, 1.82) is 0 Å². The minimum Gasteiger partial charge on any atom is -0.389 e. The van der Waals surface area contributed by atoms with Crippen molar-refractivity contribution in [1.82, 2.24) is 4.90 Å². The van der Waals surface area contributed by atoms with E-state index in [0.29, 0.717) is 6.54 Å². The molecule has 0 aromatic heterocycles. The third kappa shape index (κ3) is 4.82. The number of nitrogens with zero attached hydrogens (tertiary/aromatic N) is 1. The van der Waals surface area contributed by atoms with Gasteiger partial charge < -0.3 is 15.3 Å². The minimum atomic E-state index is -1.06. The molecule has 0 spiro atoms. The first-order chi connectivity index (χ1) is 8.73. The molecule has 0 saturated heterocycles. The Morgan fingerprint density at radius 1 is 1.42 bits per heavy atom. The van der Waals surface area contributed by atoms with E-state index in [0.717, 1.165) is 18.2 Å². The summed E-state index contributed by atoms with van der Waals surface area (Å²) in [6, 6.07) is 2.23. The number of hydrogen-bond donors (Lipinski definition) is 2. The molecule has 4 nitrogen and oxygen atoms in total. The number of halogens is 2. The summed E-state index contributed by atoms with van der Waals surface area (Å²) in [5, 5.41) is 12.0. The Bertz CT molecular complexity index is 458. The quantitative estimate of drug-likeness (QED) is 0.885. The van der Waals surface area contributed by atoms with Crippen LogP contribution in [-0.2, 0) is 0 Å². The molecular weight excluding hydrogens is 254 g/mol. The van der Waals surface area contributed by atoms with Crippen LogP contribution in [0.2, 0.25) is 0 Å². The van der Waals surface area contributed by atoms with Gasteiger partial charge in [0.15, 0.2) is 0 Å². The summed E-state index contributed by atoms with van der Waals surface area (Å²) in [5.74, 6) is -1.35. The molecule has 106 valence electrons. The summed E-state index contributed by atoms with van der Waals surface area (Å²) in [4.78, 5) is 13.2. The van der Waals surface area contributed by atoms with E-state index in [9.17, 15) is 18.7 Å². The first-order valence-electron chi connectivity index (χ1n) is 5.96. The molecule has 2 N–H and O–H groups in total. The van der Waals surface area contributed by atoms with Crippen LogP contribution in [0.4, 0.5) is 19.3 Å². The molecule has 1 rings (SSSR count). The van der Waals surface area contributed by atoms with Crippen LogP contribution in [0, 0.1) is 11.6 Å². The van der Waals surface area contributed by atoms with Crippen LogP contribution in [-0.4, -0.2) is 34.7 Å². The molecule has 0 atom stereocenters. The number of nitrogens with one attached hydrogen (secondary N) is 1. The minimum absolute atomic E-state index is 0.0896. The van der Waals surface area contributed by atoms with Crippen LogP contribution in [0.1, 0.15) is 20.8 Å². The first-order valence-corrected chi connectivity index (χ1v) is 5.96. The van der Waals surface area contributed by atoms with Crippen molar-refractivity contribution >= 4 is 11.7 Å². The smallest absolute Gasteiger partial charge is 0.322 e. The Labute approximate surface area is 111 Å². The topological polar surface area (TPSA) is 52.6 Å². The maximum atomic E-state index is 13.4. The van der Waals surface area contributed by atoms with Gasteiger partial charge in [-0.2, -0.15) is 0 Å². The lowest BCUT2D eigenvalue weighted by Gasteiger charge is -2.28. The van der Waals surface area contributed by atoms with Crippen molar-refractivity contribution in [3.8, 4) is 0 Å². The van der Waals surface area contributed by atoms with Gasteiger partial charge in [-0.25, -0.2) is 13.6 Å². The number of anilines is 1. The summed E-state index contributed by atoms with van der Waals surface area (Å²) >= 11 is 0. The molecule has 1 aromatic rings. The van der Waals surface area contributed by atoms with Gasteiger partial charge >= 0.3 is 6.03 Å². The Balaban J connectivity index is 2.80. The maximum absolute atomic E-state index is 13.4. The highest BCUT2D eigenvalue weighted by molar-refractivity contribution is 5.89. The highest BCUT2D eigenvalue weighted by Gasteiger charge is 2.22. The Morgan fingerprint density at radius 2 is 2.05 bits per heavy atom. The number of carbonyl (C=O) groups is 1. The van der Waals surface area contributed by atoms with Gasteiger partial charge in [0.05, 0.1) is 17.8 Å². The van der Waals surface area contributed by atoms with Gasteiger partial charge in [-0.1, -0.05) is 0 Å². The molecule has 0 saturated carbocycles. The zero-order chi connectivity index (χ0) is 14.6. The number of amides is 2. The SMILES string of the molecule is CCN(CC(C)(C)O)C(=O)Nc1cc(F)ccc1F. The van der Waals surface area contributed by atoms with Gasteiger partial charge in [0.1, 0.15) is 11.6 Å². The molecule has 0 heterocycles. The number of rotatable bonds is 4. The molecule has 0 aliphatic carbocycles. The lowest BCUT2D eigenvalue weighted by atomic mass is 10.1. The number of urea groups is 1. The second kappa shape index (κ2) is 5.97. The van der Waals surface area contributed by atoms with Crippen LogP contribution in [0.3, 0.4) is 0 Å². The second-order valence-corrected chi connectivity index (χ2v) is 4.88. The molecule has 19 heavy (non-hydrogen) atoms. The first kappa shape index (κ1) is 15.4. The molecule has 0 bridgehead atoms. The standard InChI is InChI=1S/C13H18F2N2O2/c1-4-17(8-13(2,3)19)12(18)16-11-7-9(14)5-6-10(11)15/h5-7,19H,4,8H2,1-3H3,(H,16,18). The van der Waals surface area contributed by atoms with E-state index in [1.165, 1.54) is 4.90 Å². The predicted molar refractivity (Wildman–Crippen MR) is 68.9 cm³/mol. The molecule has 0 aliphatic rings. The highest BCUT2D eigenvalue weighted by atomic mass is 19.1. The molecule has 2 amide bonds. The number of hydrogen-bond acceptors (Lipinski definition) is 2. The molecule has 0 fully saturated rings. The Kier molecular flexibility index (Phi) is 4.83. The van der Waals surface area contributed by atoms with Crippen LogP contribution < -0.4 is 5.32 Å². The van der Waals surface area contributed by atoms with E-state index in [4.69, 9.17) is 0 Å². The van der Waals surface area contributed by atoms with Crippen molar-refractivity contribution < 1.29 is 18.7 Å². The summed E-state index contributed by atoms with van der Waals surface area (Å²) < 4.78 is 26.4. The monoisotopic (exact) mass is 272 g/mol. The van der Waals surface area contributed by atoms with E-state index in [1.807, 2.05) is 0 Å². The van der Waals surface area contributed by atoms with E-state index in [-0.39, 0.29) is 12.2 Å². The zero-order valence-electron chi connectivity index (χ0n) is 11.2. The number of aliphatic hydroxyl groups is 1. The van der Waals surface area contributed by atoms with Crippen LogP contribution in [0.5, 0.6) is 0 Å². The van der Waals surface area contributed by atoms with Gasteiger partial charge in [0.2, 0.25) is 0 Å². The maximum Gasteiger partial charge on any atom is 0.322 e. The fraction of sp³-hybridized carbons (Fsp3) is 0.462. The van der Waals surface area contributed by atoms with Gasteiger partial charge in [-0.15, -0.1) is 0 Å². The molecule has 1 aromatic carbocycles. The Morgan fingerprint density at radius 3 is 2.58 bits per heavy atom. The van der Waals surface area contributed by atoms with Crippen LogP contribution >= 0.6 is 0 Å². The van der Waals surface area contributed by atoms with Gasteiger partial charge in [0.25, 0.3) is 0 Å². The van der Waals surface area contributed by atoms with Crippen molar-refractivity contribution in [3.05, 3.63) is 29.8 Å². The Hall–Kier alpha value is -1.69. The van der Waals surface area contributed by atoms with E-state index in [1.54, 1.807) is 20.8 Å². The highest BCUT2D eigenvalue weighted by Crippen LogP contribution is 2.16. The lowest BCUT2D eigenvalue weighted by Crippen LogP contribution is -2.44. The molecule has 0 unspecified atom stereocenters. The van der Waals surface area contributed by atoms with E-state index >= 15 is 0 Å². The number of carbonyl (C=O) groups excluding carboxylic acids is 1. The summed E-state index contributed by atoms with van der Waals surface area (Å²) in [6.45, 7) is 5.28. The largest absolute Gasteiger partial charge is 0.389 e. The van der Waals surface area contributed by atoms with Crippen molar-refractivity contribution in [2.45, 2.75) is 26.4 Å². The molecule has 0 aliphatic heterocycles. The fourth-order valence-corrected chi connectivity index (χ4v) is 1.58. The molecule has 0 radical (unpaired) electrons. The third-order valence-corrected chi connectivity index (χ3v) is 2.42. The van der Waals surface area contributed by atoms with Crippen molar-refractivity contribution in [2.24, 2.45) is 0 Å².